The minimum atomic E-state index is -0.0564. The van der Waals surface area contributed by atoms with Gasteiger partial charge in [0.2, 0.25) is 0 Å². The molecule has 0 saturated carbocycles. The SMILES string of the molecule is C=CCNC(=O)N1CCOC(c2ccccc2)C1. The van der Waals surface area contributed by atoms with Gasteiger partial charge in [-0.25, -0.2) is 4.79 Å². The van der Waals surface area contributed by atoms with Crippen LogP contribution in [0, 0.1) is 0 Å². The van der Waals surface area contributed by atoms with E-state index in [0.717, 1.165) is 5.56 Å². The molecule has 4 heteroatoms. The lowest BCUT2D eigenvalue weighted by Crippen LogP contribution is -2.47. The van der Waals surface area contributed by atoms with Crippen LogP contribution in [0.15, 0.2) is 43.0 Å². The van der Waals surface area contributed by atoms with E-state index in [1.807, 2.05) is 30.3 Å². The monoisotopic (exact) mass is 246 g/mol. The number of hydrogen-bond acceptors (Lipinski definition) is 2. The van der Waals surface area contributed by atoms with Crippen LogP contribution in [-0.4, -0.2) is 37.2 Å². The second-order valence-corrected chi connectivity index (χ2v) is 4.19. The van der Waals surface area contributed by atoms with Crippen molar-refractivity contribution in [3.05, 3.63) is 48.6 Å². The number of amides is 2. The molecule has 1 aromatic carbocycles. The average molecular weight is 246 g/mol. The Labute approximate surface area is 107 Å². The third-order valence-corrected chi connectivity index (χ3v) is 2.92. The molecule has 18 heavy (non-hydrogen) atoms. The van der Waals surface area contributed by atoms with E-state index in [2.05, 4.69) is 11.9 Å². The number of benzene rings is 1. The molecule has 2 amide bonds. The summed E-state index contributed by atoms with van der Waals surface area (Å²) in [4.78, 5) is 13.6. The van der Waals surface area contributed by atoms with Crippen molar-refractivity contribution in [1.82, 2.24) is 10.2 Å². The van der Waals surface area contributed by atoms with E-state index in [9.17, 15) is 4.79 Å². The van der Waals surface area contributed by atoms with Gasteiger partial charge < -0.3 is 15.0 Å². The smallest absolute Gasteiger partial charge is 0.317 e. The second kappa shape index (κ2) is 6.21. The number of hydrogen-bond donors (Lipinski definition) is 1. The zero-order valence-corrected chi connectivity index (χ0v) is 10.3. The Hall–Kier alpha value is -1.81. The molecule has 1 saturated heterocycles. The zero-order valence-electron chi connectivity index (χ0n) is 10.3. The summed E-state index contributed by atoms with van der Waals surface area (Å²) in [6.07, 6.45) is 1.64. The van der Waals surface area contributed by atoms with Crippen molar-refractivity contribution in [1.29, 1.82) is 0 Å². The first kappa shape index (κ1) is 12.6. The average Bonchev–Trinajstić information content (AvgIpc) is 2.46. The molecule has 1 aliphatic rings. The third-order valence-electron chi connectivity index (χ3n) is 2.92. The van der Waals surface area contributed by atoms with E-state index < -0.39 is 0 Å². The maximum Gasteiger partial charge on any atom is 0.317 e. The molecule has 0 radical (unpaired) electrons. The van der Waals surface area contributed by atoms with Crippen LogP contribution < -0.4 is 5.32 Å². The summed E-state index contributed by atoms with van der Waals surface area (Å²) in [5, 5.41) is 2.79. The van der Waals surface area contributed by atoms with Gasteiger partial charge in [-0.05, 0) is 5.56 Å². The maximum atomic E-state index is 11.8. The van der Waals surface area contributed by atoms with Crippen LogP contribution in [0.1, 0.15) is 11.7 Å². The molecule has 1 N–H and O–H groups in total. The van der Waals surface area contributed by atoms with Gasteiger partial charge in [-0.2, -0.15) is 0 Å². The van der Waals surface area contributed by atoms with Crippen LogP contribution in [0.25, 0.3) is 0 Å². The molecule has 1 aliphatic heterocycles. The first-order chi connectivity index (χ1) is 8.81. The van der Waals surface area contributed by atoms with Crippen LogP contribution in [0.2, 0.25) is 0 Å². The van der Waals surface area contributed by atoms with Crippen molar-refractivity contribution in [2.75, 3.05) is 26.2 Å². The Morgan fingerprint density at radius 3 is 3.00 bits per heavy atom. The lowest BCUT2D eigenvalue weighted by atomic mass is 10.1. The Kier molecular flexibility index (Phi) is 4.36. The van der Waals surface area contributed by atoms with E-state index in [1.165, 1.54) is 0 Å². The van der Waals surface area contributed by atoms with Gasteiger partial charge in [0.05, 0.1) is 13.2 Å². The van der Waals surface area contributed by atoms with Crippen LogP contribution in [0.3, 0.4) is 0 Å². The van der Waals surface area contributed by atoms with Crippen molar-refractivity contribution in [3.8, 4) is 0 Å². The van der Waals surface area contributed by atoms with E-state index in [1.54, 1.807) is 11.0 Å². The van der Waals surface area contributed by atoms with Crippen molar-refractivity contribution in [2.45, 2.75) is 6.10 Å². The number of morpholine rings is 1. The Morgan fingerprint density at radius 1 is 1.50 bits per heavy atom. The van der Waals surface area contributed by atoms with Gasteiger partial charge >= 0.3 is 6.03 Å². The van der Waals surface area contributed by atoms with Gasteiger partial charge in [-0.15, -0.1) is 6.58 Å². The van der Waals surface area contributed by atoms with Crippen LogP contribution in [0.4, 0.5) is 4.79 Å². The zero-order chi connectivity index (χ0) is 12.8. The molecule has 0 aliphatic carbocycles. The molecule has 0 bridgehead atoms. The van der Waals surface area contributed by atoms with Crippen molar-refractivity contribution < 1.29 is 9.53 Å². The molecular weight excluding hydrogens is 228 g/mol. The van der Waals surface area contributed by atoms with E-state index in [0.29, 0.717) is 26.2 Å². The summed E-state index contributed by atoms with van der Waals surface area (Å²) < 4.78 is 5.71. The standard InChI is InChI=1S/C14H18N2O2/c1-2-8-15-14(17)16-9-10-18-13(11-16)12-6-4-3-5-7-12/h2-7,13H,1,8-11H2,(H,15,17). The highest BCUT2D eigenvalue weighted by atomic mass is 16.5. The van der Waals surface area contributed by atoms with E-state index >= 15 is 0 Å². The fourth-order valence-electron chi connectivity index (χ4n) is 1.97. The molecular formula is C14H18N2O2. The van der Waals surface area contributed by atoms with Crippen LogP contribution in [0.5, 0.6) is 0 Å². The summed E-state index contributed by atoms with van der Waals surface area (Å²) in [5.74, 6) is 0. The molecule has 1 fully saturated rings. The topological polar surface area (TPSA) is 41.6 Å². The van der Waals surface area contributed by atoms with Crippen molar-refractivity contribution in [2.24, 2.45) is 0 Å². The quantitative estimate of drug-likeness (QED) is 0.828. The Balaban J connectivity index is 1.96. The van der Waals surface area contributed by atoms with Gasteiger partial charge in [0.25, 0.3) is 0 Å². The molecule has 1 atom stereocenters. The Bertz CT molecular complexity index is 406. The molecule has 96 valence electrons. The first-order valence-electron chi connectivity index (χ1n) is 6.11. The van der Waals surface area contributed by atoms with E-state index in [-0.39, 0.29) is 12.1 Å². The predicted octanol–water partition coefficient (Wildman–Crippen LogP) is 1.96. The number of urea groups is 1. The van der Waals surface area contributed by atoms with Crippen LogP contribution in [-0.2, 0) is 4.74 Å². The molecule has 0 aromatic heterocycles. The van der Waals surface area contributed by atoms with Gasteiger partial charge in [-0.1, -0.05) is 36.4 Å². The number of ether oxygens (including phenoxy) is 1. The first-order valence-corrected chi connectivity index (χ1v) is 6.11. The molecule has 1 aromatic rings. The molecule has 1 unspecified atom stereocenters. The molecule has 4 nitrogen and oxygen atoms in total. The minimum Gasteiger partial charge on any atom is -0.370 e. The number of nitrogens with one attached hydrogen (secondary N) is 1. The summed E-state index contributed by atoms with van der Waals surface area (Å²) in [6.45, 7) is 5.87. The van der Waals surface area contributed by atoms with Gasteiger partial charge in [0, 0.05) is 13.1 Å². The maximum absolute atomic E-state index is 11.8. The summed E-state index contributed by atoms with van der Waals surface area (Å²) in [7, 11) is 0. The lowest BCUT2D eigenvalue weighted by Gasteiger charge is -2.33. The van der Waals surface area contributed by atoms with Crippen molar-refractivity contribution >= 4 is 6.03 Å². The number of carbonyl (C=O) groups excluding carboxylic acids is 1. The number of carbonyl (C=O) groups is 1. The fraction of sp³-hybridized carbons (Fsp3) is 0.357. The molecule has 0 spiro atoms. The lowest BCUT2D eigenvalue weighted by molar-refractivity contribution is -0.0153. The fourth-order valence-corrected chi connectivity index (χ4v) is 1.97. The third kappa shape index (κ3) is 3.11. The normalized spacial score (nSPS) is 19.3. The van der Waals surface area contributed by atoms with Gasteiger partial charge in [-0.3, -0.25) is 0 Å². The van der Waals surface area contributed by atoms with Crippen LogP contribution >= 0.6 is 0 Å². The highest BCUT2D eigenvalue weighted by molar-refractivity contribution is 5.74. The van der Waals surface area contributed by atoms with Gasteiger partial charge in [0.15, 0.2) is 0 Å². The Morgan fingerprint density at radius 2 is 2.28 bits per heavy atom. The summed E-state index contributed by atoms with van der Waals surface area (Å²) >= 11 is 0. The summed E-state index contributed by atoms with van der Waals surface area (Å²) in [6, 6.07) is 9.93. The largest absolute Gasteiger partial charge is 0.370 e. The number of nitrogens with zero attached hydrogens (tertiary/aromatic N) is 1. The summed E-state index contributed by atoms with van der Waals surface area (Å²) in [5.41, 5.74) is 1.11. The molecule has 1 heterocycles. The van der Waals surface area contributed by atoms with E-state index in [4.69, 9.17) is 4.74 Å². The second-order valence-electron chi connectivity index (χ2n) is 4.19. The predicted molar refractivity (Wildman–Crippen MR) is 70.3 cm³/mol. The van der Waals surface area contributed by atoms with Crippen molar-refractivity contribution in [3.63, 3.8) is 0 Å². The molecule has 2 rings (SSSR count). The highest BCUT2D eigenvalue weighted by Crippen LogP contribution is 2.21. The minimum absolute atomic E-state index is 0.0329. The number of rotatable bonds is 3. The van der Waals surface area contributed by atoms with Gasteiger partial charge in [0.1, 0.15) is 6.10 Å². The highest BCUT2D eigenvalue weighted by Gasteiger charge is 2.24.